The third-order valence-electron chi connectivity index (χ3n) is 1.27. The van der Waals surface area contributed by atoms with Gasteiger partial charge >= 0.3 is 5.97 Å². The summed E-state index contributed by atoms with van der Waals surface area (Å²) >= 11 is 10.8. The third-order valence-corrected chi connectivity index (χ3v) is 1.82. The van der Waals surface area contributed by atoms with E-state index in [-0.39, 0.29) is 5.92 Å². The van der Waals surface area contributed by atoms with Gasteiger partial charge in [-0.1, -0.05) is 13.8 Å². The molecular formula is C6H10Cl2O2. The van der Waals surface area contributed by atoms with Crippen LogP contribution in [0.15, 0.2) is 0 Å². The Labute approximate surface area is 70.1 Å². The molecule has 0 aromatic carbocycles. The van der Waals surface area contributed by atoms with E-state index < -0.39 is 16.7 Å². The highest BCUT2D eigenvalue weighted by atomic mass is 35.5. The topological polar surface area (TPSA) is 37.3 Å². The largest absolute Gasteiger partial charge is 0.481 e. The molecule has 0 radical (unpaired) electrons. The fourth-order valence-corrected chi connectivity index (χ4v) is 1.48. The van der Waals surface area contributed by atoms with Crippen molar-refractivity contribution < 1.29 is 9.90 Å². The molecule has 10 heavy (non-hydrogen) atoms. The predicted octanol–water partition coefficient (Wildman–Crippen LogP) is 2.15. The molecule has 0 spiro atoms. The SMILES string of the molecule is CC(C)C(C(=O)O)C(Cl)Cl. The molecule has 0 aliphatic rings. The summed E-state index contributed by atoms with van der Waals surface area (Å²) in [6.07, 6.45) is 0. The molecule has 1 N–H and O–H groups in total. The van der Waals surface area contributed by atoms with Crippen molar-refractivity contribution in [2.24, 2.45) is 11.8 Å². The second-order valence-corrected chi connectivity index (χ2v) is 3.61. The van der Waals surface area contributed by atoms with Crippen molar-refractivity contribution in [1.29, 1.82) is 0 Å². The van der Waals surface area contributed by atoms with Gasteiger partial charge in [0.2, 0.25) is 0 Å². The lowest BCUT2D eigenvalue weighted by Gasteiger charge is -2.15. The van der Waals surface area contributed by atoms with Crippen LogP contribution in [0.3, 0.4) is 0 Å². The quantitative estimate of drug-likeness (QED) is 0.684. The van der Waals surface area contributed by atoms with E-state index in [1.165, 1.54) is 0 Å². The molecule has 0 fully saturated rings. The van der Waals surface area contributed by atoms with Gasteiger partial charge in [0.15, 0.2) is 0 Å². The smallest absolute Gasteiger partial charge is 0.309 e. The molecule has 4 heteroatoms. The third kappa shape index (κ3) is 2.76. The minimum atomic E-state index is -0.940. The second kappa shape index (κ2) is 4.04. The Balaban J connectivity index is 4.12. The minimum absolute atomic E-state index is 0.0301. The van der Waals surface area contributed by atoms with Crippen molar-refractivity contribution in [1.82, 2.24) is 0 Å². The van der Waals surface area contributed by atoms with Crippen molar-refractivity contribution in [3.63, 3.8) is 0 Å². The zero-order valence-corrected chi connectivity index (χ0v) is 7.36. The molecule has 0 aliphatic carbocycles. The number of alkyl halides is 2. The van der Waals surface area contributed by atoms with Gasteiger partial charge in [-0.2, -0.15) is 0 Å². The Kier molecular flexibility index (Phi) is 4.06. The van der Waals surface area contributed by atoms with Crippen LogP contribution in [0.5, 0.6) is 0 Å². The number of carbonyl (C=O) groups is 1. The molecule has 1 atom stereocenters. The van der Waals surface area contributed by atoms with Gasteiger partial charge < -0.3 is 5.11 Å². The van der Waals surface area contributed by atoms with Crippen LogP contribution >= 0.6 is 23.2 Å². The van der Waals surface area contributed by atoms with Crippen molar-refractivity contribution in [2.75, 3.05) is 0 Å². The maximum absolute atomic E-state index is 10.4. The summed E-state index contributed by atoms with van der Waals surface area (Å²) in [5.41, 5.74) is 0. The van der Waals surface area contributed by atoms with Crippen LogP contribution < -0.4 is 0 Å². The number of aliphatic carboxylic acids is 1. The van der Waals surface area contributed by atoms with Crippen LogP contribution in [0.4, 0.5) is 0 Å². The number of halogens is 2. The van der Waals surface area contributed by atoms with E-state index in [1.807, 2.05) is 0 Å². The normalized spacial score (nSPS) is 14.2. The van der Waals surface area contributed by atoms with Crippen LogP contribution in [0.1, 0.15) is 13.8 Å². The Hall–Kier alpha value is 0.0500. The van der Waals surface area contributed by atoms with Crippen LogP contribution in [-0.4, -0.2) is 15.9 Å². The first-order chi connectivity index (χ1) is 4.46. The molecule has 2 nitrogen and oxygen atoms in total. The zero-order chi connectivity index (χ0) is 8.31. The Morgan fingerprint density at radius 2 is 1.80 bits per heavy atom. The highest BCUT2D eigenvalue weighted by Crippen LogP contribution is 2.22. The molecular weight excluding hydrogens is 175 g/mol. The molecule has 0 aromatic heterocycles. The van der Waals surface area contributed by atoms with Crippen molar-refractivity contribution in [2.45, 2.75) is 18.7 Å². The van der Waals surface area contributed by atoms with Crippen molar-refractivity contribution in [3.05, 3.63) is 0 Å². The first kappa shape index (κ1) is 10.0. The van der Waals surface area contributed by atoms with Crippen LogP contribution in [0.25, 0.3) is 0 Å². The maximum Gasteiger partial charge on any atom is 0.309 e. The van der Waals surface area contributed by atoms with Crippen LogP contribution in [0.2, 0.25) is 0 Å². The second-order valence-electron chi connectivity index (χ2n) is 2.44. The van der Waals surface area contributed by atoms with Gasteiger partial charge in [0, 0.05) is 0 Å². The van der Waals surface area contributed by atoms with Gasteiger partial charge in [0.1, 0.15) is 4.84 Å². The molecule has 0 saturated carbocycles. The lowest BCUT2D eigenvalue weighted by atomic mass is 9.98. The number of carboxylic acid groups (broad SMARTS) is 1. The predicted molar refractivity (Wildman–Crippen MR) is 41.5 cm³/mol. The average molecular weight is 185 g/mol. The van der Waals surface area contributed by atoms with E-state index in [2.05, 4.69) is 0 Å². The maximum atomic E-state index is 10.4. The van der Waals surface area contributed by atoms with E-state index in [1.54, 1.807) is 13.8 Å². The molecule has 0 heterocycles. The molecule has 0 bridgehead atoms. The highest BCUT2D eigenvalue weighted by molar-refractivity contribution is 6.45. The molecule has 0 rings (SSSR count). The zero-order valence-electron chi connectivity index (χ0n) is 5.84. The summed E-state index contributed by atoms with van der Waals surface area (Å²) in [4.78, 5) is 9.59. The Morgan fingerprint density at radius 1 is 1.40 bits per heavy atom. The molecule has 0 aliphatic heterocycles. The van der Waals surface area contributed by atoms with Gasteiger partial charge in [0.25, 0.3) is 0 Å². The number of carboxylic acids is 1. The monoisotopic (exact) mass is 184 g/mol. The summed E-state index contributed by atoms with van der Waals surface area (Å²) in [5, 5.41) is 8.55. The Bertz CT molecular complexity index is 115. The van der Waals surface area contributed by atoms with Crippen LogP contribution in [-0.2, 0) is 4.79 Å². The van der Waals surface area contributed by atoms with E-state index >= 15 is 0 Å². The molecule has 0 saturated heterocycles. The number of hydrogen-bond donors (Lipinski definition) is 1. The summed E-state index contributed by atoms with van der Waals surface area (Å²) in [6, 6.07) is 0. The summed E-state index contributed by atoms with van der Waals surface area (Å²) < 4.78 is 0. The summed E-state index contributed by atoms with van der Waals surface area (Å²) in [5.74, 6) is -1.63. The van der Waals surface area contributed by atoms with E-state index in [0.29, 0.717) is 0 Å². The van der Waals surface area contributed by atoms with E-state index in [4.69, 9.17) is 28.3 Å². The van der Waals surface area contributed by atoms with Gasteiger partial charge in [0.05, 0.1) is 5.92 Å². The Morgan fingerprint density at radius 3 is 1.80 bits per heavy atom. The summed E-state index contributed by atoms with van der Waals surface area (Å²) in [7, 11) is 0. The number of hydrogen-bond acceptors (Lipinski definition) is 1. The first-order valence-corrected chi connectivity index (χ1v) is 3.85. The van der Waals surface area contributed by atoms with Crippen LogP contribution in [0, 0.1) is 11.8 Å². The van der Waals surface area contributed by atoms with Crippen molar-refractivity contribution >= 4 is 29.2 Å². The fourth-order valence-electron chi connectivity index (χ4n) is 0.684. The molecule has 0 aromatic rings. The first-order valence-electron chi connectivity index (χ1n) is 2.97. The summed E-state index contributed by atoms with van der Waals surface area (Å²) in [6.45, 7) is 3.55. The highest BCUT2D eigenvalue weighted by Gasteiger charge is 2.27. The average Bonchev–Trinajstić information content (AvgIpc) is 1.59. The van der Waals surface area contributed by atoms with E-state index in [9.17, 15) is 4.79 Å². The fraction of sp³-hybridized carbons (Fsp3) is 0.833. The lowest BCUT2D eigenvalue weighted by Crippen LogP contribution is -2.25. The molecule has 1 unspecified atom stereocenters. The van der Waals surface area contributed by atoms with Gasteiger partial charge in [-0.15, -0.1) is 23.2 Å². The van der Waals surface area contributed by atoms with Gasteiger partial charge in [-0.05, 0) is 5.92 Å². The molecule has 0 amide bonds. The van der Waals surface area contributed by atoms with E-state index in [0.717, 1.165) is 0 Å². The van der Waals surface area contributed by atoms with Gasteiger partial charge in [-0.3, -0.25) is 4.79 Å². The van der Waals surface area contributed by atoms with Gasteiger partial charge in [-0.25, -0.2) is 0 Å². The van der Waals surface area contributed by atoms with Crippen molar-refractivity contribution in [3.8, 4) is 0 Å². The lowest BCUT2D eigenvalue weighted by molar-refractivity contribution is -0.142. The minimum Gasteiger partial charge on any atom is -0.481 e. The standard InChI is InChI=1S/C6H10Cl2O2/c1-3(2)4(5(7)8)6(9)10/h3-5H,1-2H3,(H,9,10). The molecule has 60 valence electrons. The number of rotatable bonds is 3.